The largest absolute Gasteiger partial charge is 0.386 e. The molecule has 0 amide bonds. The van der Waals surface area contributed by atoms with Crippen LogP contribution in [0.25, 0.3) is 5.69 Å². The van der Waals surface area contributed by atoms with E-state index in [-0.39, 0.29) is 11.2 Å². The van der Waals surface area contributed by atoms with Gasteiger partial charge >= 0.3 is 0 Å². The zero-order chi connectivity index (χ0) is 19.9. The molecule has 1 N–H and O–H groups in total. The van der Waals surface area contributed by atoms with Crippen LogP contribution >= 0.6 is 11.3 Å². The van der Waals surface area contributed by atoms with Gasteiger partial charge in [0, 0.05) is 42.0 Å². The number of thiazole rings is 1. The molecule has 5 nitrogen and oxygen atoms in total. The number of nitrogens with zero attached hydrogens (tertiary/aromatic N) is 4. The van der Waals surface area contributed by atoms with Crippen molar-refractivity contribution in [2.45, 2.75) is 46.4 Å². The summed E-state index contributed by atoms with van der Waals surface area (Å²) in [7, 11) is 0. The van der Waals surface area contributed by atoms with E-state index in [1.165, 1.54) is 23.4 Å². The van der Waals surface area contributed by atoms with Gasteiger partial charge in [-0.05, 0) is 43.0 Å². The number of aliphatic hydroxyl groups excluding tert-OH is 1. The summed E-state index contributed by atoms with van der Waals surface area (Å²) >= 11 is 1.57. The van der Waals surface area contributed by atoms with E-state index in [2.05, 4.69) is 28.8 Å². The Morgan fingerprint density at radius 2 is 2.00 bits per heavy atom. The van der Waals surface area contributed by atoms with Crippen LogP contribution in [0.2, 0.25) is 0 Å². The summed E-state index contributed by atoms with van der Waals surface area (Å²) in [6, 6.07) is 6.49. The first-order chi connectivity index (χ1) is 13.3. The van der Waals surface area contributed by atoms with Gasteiger partial charge in [0.1, 0.15) is 16.9 Å². The Morgan fingerprint density at radius 3 is 2.68 bits per heavy atom. The SMILES string of the molecule is CC(O)c1ncc(CN2Cc3cnn(-c4ccc(F)cc4)c3CC(C)(C)C2)s1. The molecule has 1 aliphatic rings. The summed E-state index contributed by atoms with van der Waals surface area (Å²) in [5, 5.41) is 15.1. The zero-order valence-corrected chi connectivity index (χ0v) is 17.2. The van der Waals surface area contributed by atoms with Crippen LogP contribution in [0.4, 0.5) is 4.39 Å². The molecule has 3 aromatic rings. The van der Waals surface area contributed by atoms with Gasteiger partial charge in [-0.25, -0.2) is 14.1 Å². The minimum atomic E-state index is -0.528. The second-order valence-electron chi connectivity index (χ2n) is 8.33. The molecule has 1 unspecified atom stereocenters. The summed E-state index contributed by atoms with van der Waals surface area (Å²) in [5.41, 5.74) is 3.35. The van der Waals surface area contributed by atoms with Gasteiger partial charge in [0.05, 0.1) is 11.9 Å². The monoisotopic (exact) mass is 400 g/mol. The molecular weight excluding hydrogens is 375 g/mol. The molecule has 1 atom stereocenters. The first kappa shape index (κ1) is 19.2. The molecule has 0 aliphatic carbocycles. The Morgan fingerprint density at radius 1 is 1.25 bits per heavy atom. The van der Waals surface area contributed by atoms with E-state index >= 15 is 0 Å². The van der Waals surface area contributed by atoms with Gasteiger partial charge in [0.2, 0.25) is 0 Å². The van der Waals surface area contributed by atoms with E-state index in [1.807, 2.05) is 17.1 Å². The highest BCUT2D eigenvalue weighted by Gasteiger charge is 2.31. The van der Waals surface area contributed by atoms with Crippen LogP contribution in [0.15, 0.2) is 36.7 Å². The summed E-state index contributed by atoms with van der Waals surface area (Å²) in [5.74, 6) is -0.241. The Balaban J connectivity index is 1.61. The van der Waals surface area contributed by atoms with Gasteiger partial charge in [-0.1, -0.05) is 13.8 Å². The van der Waals surface area contributed by atoms with Crippen LogP contribution in [-0.4, -0.2) is 31.3 Å². The van der Waals surface area contributed by atoms with E-state index in [0.717, 1.165) is 41.6 Å². The summed E-state index contributed by atoms with van der Waals surface area (Å²) < 4.78 is 15.3. The molecule has 2 aromatic heterocycles. The predicted molar refractivity (Wildman–Crippen MR) is 108 cm³/mol. The number of rotatable bonds is 4. The third-order valence-corrected chi connectivity index (χ3v) is 6.18. The number of halogens is 1. The van der Waals surface area contributed by atoms with Crippen LogP contribution in [0.3, 0.4) is 0 Å². The lowest BCUT2D eigenvalue weighted by atomic mass is 9.87. The lowest BCUT2D eigenvalue weighted by Gasteiger charge is -2.29. The number of benzene rings is 1. The molecule has 0 fully saturated rings. The van der Waals surface area contributed by atoms with Crippen molar-refractivity contribution in [1.82, 2.24) is 19.7 Å². The lowest BCUT2D eigenvalue weighted by molar-refractivity contribution is 0.174. The molecule has 0 bridgehead atoms. The maximum atomic E-state index is 13.3. The molecule has 0 spiro atoms. The van der Waals surface area contributed by atoms with Crippen molar-refractivity contribution in [2.24, 2.45) is 5.41 Å². The maximum Gasteiger partial charge on any atom is 0.123 e. The maximum absolute atomic E-state index is 13.3. The lowest BCUT2D eigenvalue weighted by Crippen LogP contribution is -2.32. The van der Waals surface area contributed by atoms with Crippen molar-refractivity contribution >= 4 is 11.3 Å². The van der Waals surface area contributed by atoms with Gasteiger partial charge in [0.25, 0.3) is 0 Å². The molecule has 0 radical (unpaired) electrons. The summed E-state index contributed by atoms with van der Waals surface area (Å²) in [4.78, 5) is 7.90. The van der Waals surface area contributed by atoms with Crippen molar-refractivity contribution in [2.75, 3.05) is 6.54 Å². The van der Waals surface area contributed by atoms with Crippen molar-refractivity contribution in [1.29, 1.82) is 0 Å². The van der Waals surface area contributed by atoms with E-state index in [0.29, 0.717) is 0 Å². The highest BCUT2D eigenvalue weighted by Crippen LogP contribution is 2.33. The third-order valence-electron chi connectivity index (χ3n) is 5.03. The van der Waals surface area contributed by atoms with Crippen LogP contribution in [0.5, 0.6) is 0 Å². The topological polar surface area (TPSA) is 54.2 Å². The highest BCUT2D eigenvalue weighted by atomic mass is 32.1. The molecule has 1 aliphatic heterocycles. The van der Waals surface area contributed by atoms with Gasteiger partial charge in [-0.3, -0.25) is 4.90 Å². The molecule has 4 rings (SSSR count). The fourth-order valence-electron chi connectivity index (χ4n) is 3.87. The number of aliphatic hydroxyl groups is 1. The van der Waals surface area contributed by atoms with E-state index in [1.54, 1.807) is 30.4 Å². The third kappa shape index (κ3) is 4.01. The van der Waals surface area contributed by atoms with Crippen molar-refractivity contribution in [3.05, 3.63) is 63.6 Å². The first-order valence-corrected chi connectivity index (χ1v) is 10.3. The van der Waals surface area contributed by atoms with E-state index < -0.39 is 6.10 Å². The summed E-state index contributed by atoms with van der Waals surface area (Å²) in [6.07, 6.45) is 4.17. The second-order valence-corrected chi connectivity index (χ2v) is 9.48. The van der Waals surface area contributed by atoms with Gasteiger partial charge in [0.15, 0.2) is 0 Å². The Kier molecular flexibility index (Phi) is 5.07. The van der Waals surface area contributed by atoms with Crippen LogP contribution in [0.1, 0.15) is 48.0 Å². The molecule has 148 valence electrons. The molecular formula is C21H25FN4OS. The van der Waals surface area contributed by atoms with Gasteiger partial charge in [-0.15, -0.1) is 11.3 Å². The average Bonchev–Trinajstić information content (AvgIpc) is 3.20. The van der Waals surface area contributed by atoms with Crippen LogP contribution in [-0.2, 0) is 19.5 Å². The van der Waals surface area contributed by atoms with Crippen molar-refractivity contribution in [3.63, 3.8) is 0 Å². The van der Waals surface area contributed by atoms with Gasteiger partial charge < -0.3 is 5.11 Å². The number of hydrogen-bond donors (Lipinski definition) is 1. The van der Waals surface area contributed by atoms with Crippen molar-refractivity contribution < 1.29 is 9.50 Å². The average molecular weight is 401 g/mol. The van der Waals surface area contributed by atoms with Crippen LogP contribution < -0.4 is 0 Å². The number of hydrogen-bond acceptors (Lipinski definition) is 5. The first-order valence-electron chi connectivity index (χ1n) is 9.47. The fourth-order valence-corrected chi connectivity index (χ4v) is 4.76. The molecule has 3 heterocycles. The Hall–Kier alpha value is -2.09. The quantitative estimate of drug-likeness (QED) is 0.716. The predicted octanol–water partition coefficient (Wildman–Crippen LogP) is 4.11. The number of fused-ring (bicyclic) bond motifs is 1. The van der Waals surface area contributed by atoms with E-state index in [9.17, 15) is 9.50 Å². The van der Waals surface area contributed by atoms with E-state index in [4.69, 9.17) is 0 Å². The molecule has 28 heavy (non-hydrogen) atoms. The molecule has 0 saturated carbocycles. The smallest absolute Gasteiger partial charge is 0.123 e. The number of aromatic nitrogens is 3. The second kappa shape index (κ2) is 7.39. The molecule has 7 heteroatoms. The van der Waals surface area contributed by atoms with Crippen LogP contribution in [0, 0.1) is 11.2 Å². The minimum Gasteiger partial charge on any atom is -0.386 e. The standard InChI is InChI=1S/C21H25FN4OS/c1-14(27)20-23-10-18(28-20)12-25-11-15-9-24-26(17-6-4-16(22)5-7-17)19(15)8-21(2,3)13-25/h4-7,9-10,14,27H,8,11-13H2,1-3H3. The minimum absolute atomic E-state index is 0.0703. The zero-order valence-electron chi connectivity index (χ0n) is 16.4. The Bertz CT molecular complexity index is 961. The summed E-state index contributed by atoms with van der Waals surface area (Å²) in [6.45, 7) is 8.84. The highest BCUT2D eigenvalue weighted by molar-refractivity contribution is 7.11. The molecule has 1 aromatic carbocycles. The van der Waals surface area contributed by atoms with Crippen molar-refractivity contribution in [3.8, 4) is 5.69 Å². The normalized spacial score (nSPS) is 17.9. The molecule has 0 saturated heterocycles. The Labute approximate surface area is 168 Å². The van der Waals surface area contributed by atoms with Gasteiger partial charge in [-0.2, -0.15) is 5.10 Å². The fraction of sp³-hybridized carbons (Fsp3) is 0.429.